The first kappa shape index (κ1) is 24.5. The zero-order valence-corrected chi connectivity index (χ0v) is 20.9. The predicted octanol–water partition coefficient (Wildman–Crippen LogP) is 8.85. The molecule has 0 radical (unpaired) electrons. The number of benzene rings is 2. The second kappa shape index (κ2) is 12.7. The summed E-state index contributed by atoms with van der Waals surface area (Å²) in [5, 5.41) is 0. The van der Waals surface area contributed by atoms with Crippen molar-refractivity contribution in [1.82, 2.24) is 0 Å². The van der Waals surface area contributed by atoms with Crippen molar-refractivity contribution < 1.29 is 9.47 Å². The van der Waals surface area contributed by atoms with Crippen molar-refractivity contribution in [2.75, 3.05) is 13.2 Å². The normalized spacial score (nSPS) is 25.8. The van der Waals surface area contributed by atoms with Gasteiger partial charge in [0.25, 0.3) is 0 Å². The Morgan fingerprint density at radius 3 is 1.88 bits per heavy atom. The van der Waals surface area contributed by atoms with Crippen molar-refractivity contribution in [3.8, 4) is 11.1 Å². The Kier molecular flexibility index (Phi) is 9.44. The first-order valence-electron chi connectivity index (χ1n) is 13.7. The number of unbranched alkanes of at least 4 members (excludes halogenated alkanes) is 3. The fourth-order valence-corrected chi connectivity index (χ4v) is 5.73. The smallest absolute Gasteiger partial charge is 0.106 e. The molecule has 2 aromatic rings. The Morgan fingerprint density at radius 2 is 1.30 bits per heavy atom. The molecule has 33 heavy (non-hydrogen) atoms. The van der Waals surface area contributed by atoms with Crippen molar-refractivity contribution in [3.63, 3.8) is 0 Å². The lowest BCUT2D eigenvalue weighted by Crippen LogP contribution is -2.31. The maximum Gasteiger partial charge on any atom is 0.106 e. The predicted molar refractivity (Wildman–Crippen MR) is 139 cm³/mol. The summed E-state index contributed by atoms with van der Waals surface area (Å²) >= 11 is 0. The van der Waals surface area contributed by atoms with E-state index in [0.29, 0.717) is 6.61 Å². The third-order valence-electron chi connectivity index (χ3n) is 7.89. The van der Waals surface area contributed by atoms with Gasteiger partial charge in [0, 0.05) is 0 Å². The van der Waals surface area contributed by atoms with E-state index in [1.807, 2.05) is 0 Å². The van der Waals surface area contributed by atoms with Gasteiger partial charge in [0.05, 0.1) is 19.3 Å². The third-order valence-corrected chi connectivity index (χ3v) is 7.89. The first-order chi connectivity index (χ1) is 16.3. The van der Waals surface area contributed by atoms with Gasteiger partial charge >= 0.3 is 0 Å². The fraction of sp³-hybridized carbons (Fsp3) is 0.613. The van der Waals surface area contributed by atoms with Gasteiger partial charge in [-0.15, -0.1) is 0 Å². The summed E-state index contributed by atoms with van der Waals surface area (Å²) < 4.78 is 12.3. The Labute approximate surface area is 202 Å². The maximum absolute atomic E-state index is 6.16. The monoisotopic (exact) mass is 448 g/mol. The summed E-state index contributed by atoms with van der Waals surface area (Å²) in [5.41, 5.74) is 5.34. The zero-order chi connectivity index (χ0) is 22.9. The molecule has 1 saturated heterocycles. The average Bonchev–Trinajstić information content (AvgIpc) is 2.88. The van der Waals surface area contributed by atoms with Crippen LogP contribution in [-0.2, 0) is 9.47 Å². The molecule has 2 aromatic carbocycles. The minimum Gasteiger partial charge on any atom is -0.373 e. The summed E-state index contributed by atoms with van der Waals surface area (Å²) in [6.07, 6.45) is 14.9. The van der Waals surface area contributed by atoms with Gasteiger partial charge in [0.2, 0.25) is 0 Å². The van der Waals surface area contributed by atoms with Crippen LogP contribution in [0.4, 0.5) is 0 Å². The number of ether oxygens (including phenoxy) is 2. The van der Waals surface area contributed by atoms with Crippen LogP contribution < -0.4 is 0 Å². The molecule has 0 N–H and O–H groups in total. The second-order valence-electron chi connectivity index (χ2n) is 10.4. The van der Waals surface area contributed by atoms with Crippen molar-refractivity contribution >= 4 is 0 Å². The molecule has 2 unspecified atom stereocenters. The summed E-state index contributed by atoms with van der Waals surface area (Å²) in [4.78, 5) is 0. The Balaban J connectivity index is 1.26. The van der Waals surface area contributed by atoms with Crippen molar-refractivity contribution in [2.45, 2.75) is 103 Å². The van der Waals surface area contributed by atoms with E-state index < -0.39 is 0 Å². The molecule has 0 spiro atoms. The number of hydrogen-bond donors (Lipinski definition) is 0. The lowest BCUT2D eigenvalue weighted by molar-refractivity contribution is -0.137. The highest BCUT2D eigenvalue weighted by atomic mass is 16.6. The van der Waals surface area contributed by atoms with Crippen molar-refractivity contribution in [1.29, 1.82) is 0 Å². The summed E-state index contributed by atoms with van der Waals surface area (Å²) in [5.74, 6) is 1.73. The van der Waals surface area contributed by atoms with Crippen LogP contribution in [0.1, 0.15) is 108 Å². The molecular weight excluding hydrogens is 404 g/mol. The molecule has 1 aliphatic heterocycles. The molecule has 2 heteroatoms. The van der Waals surface area contributed by atoms with Gasteiger partial charge in [0.15, 0.2) is 0 Å². The van der Waals surface area contributed by atoms with E-state index in [1.54, 1.807) is 0 Å². The Morgan fingerprint density at radius 1 is 0.636 bits per heavy atom. The Bertz CT molecular complexity index is 794. The van der Waals surface area contributed by atoms with Gasteiger partial charge in [-0.3, -0.25) is 0 Å². The molecule has 4 rings (SSSR count). The highest BCUT2D eigenvalue weighted by Gasteiger charge is 2.24. The molecule has 1 saturated carbocycles. The van der Waals surface area contributed by atoms with E-state index in [4.69, 9.17) is 9.47 Å². The molecule has 180 valence electrons. The van der Waals surface area contributed by atoms with Crippen LogP contribution in [0, 0.1) is 5.92 Å². The fourth-order valence-electron chi connectivity index (χ4n) is 5.73. The van der Waals surface area contributed by atoms with E-state index in [-0.39, 0.29) is 12.2 Å². The lowest BCUT2D eigenvalue weighted by atomic mass is 9.77. The van der Waals surface area contributed by atoms with Gasteiger partial charge < -0.3 is 9.47 Å². The summed E-state index contributed by atoms with van der Waals surface area (Å²) in [6.45, 7) is 5.97. The topological polar surface area (TPSA) is 18.5 Å². The third kappa shape index (κ3) is 6.93. The molecule has 0 aromatic heterocycles. The highest BCUT2D eigenvalue weighted by molar-refractivity contribution is 5.64. The van der Waals surface area contributed by atoms with Crippen LogP contribution in [0.25, 0.3) is 11.1 Å². The standard InChI is InChI=1S/C31H44O2/c1-3-5-6-7-9-30-22-33-31(23-32-30)29-20-18-28(19-21-29)27-16-14-26(15-17-27)25-12-10-24(8-4-2)11-13-25/h14-21,24-25,30-31H,3-13,22-23H2,1-2H3. The van der Waals surface area contributed by atoms with Gasteiger partial charge in [-0.05, 0) is 66.2 Å². The van der Waals surface area contributed by atoms with E-state index in [2.05, 4.69) is 62.4 Å². The molecule has 2 nitrogen and oxygen atoms in total. The van der Waals surface area contributed by atoms with E-state index in [1.165, 1.54) is 86.5 Å². The van der Waals surface area contributed by atoms with Gasteiger partial charge in [-0.2, -0.15) is 0 Å². The quantitative estimate of drug-likeness (QED) is 0.338. The molecule has 2 fully saturated rings. The van der Waals surface area contributed by atoms with Crippen LogP contribution >= 0.6 is 0 Å². The highest BCUT2D eigenvalue weighted by Crippen LogP contribution is 2.38. The second-order valence-corrected chi connectivity index (χ2v) is 10.4. The Hall–Kier alpha value is -1.64. The van der Waals surface area contributed by atoms with Gasteiger partial charge in [-0.1, -0.05) is 101 Å². The van der Waals surface area contributed by atoms with Crippen LogP contribution in [0.15, 0.2) is 48.5 Å². The van der Waals surface area contributed by atoms with Gasteiger partial charge in [0.1, 0.15) is 6.10 Å². The van der Waals surface area contributed by atoms with Crippen LogP contribution in [0.5, 0.6) is 0 Å². The van der Waals surface area contributed by atoms with Crippen molar-refractivity contribution in [2.24, 2.45) is 5.92 Å². The minimum absolute atomic E-state index is 0.0659. The van der Waals surface area contributed by atoms with Crippen LogP contribution in [-0.4, -0.2) is 19.3 Å². The molecule has 2 atom stereocenters. The van der Waals surface area contributed by atoms with E-state index >= 15 is 0 Å². The summed E-state index contributed by atoms with van der Waals surface area (Å²) in [6, 6.07) is 18.3. The molecule has 0 bridgehead atoms. The molecule has 1 heterocycles. The van der Waals surface area contributed by atoms with Crippen LogP contribution in [0.3, 0.4) is 0 Å². The molecule has 0 amide bonds. The zero-order valence-electron chi connectivity index (χ0n) is 20.9. The average molecular weight is 449 g/mol. The maximum atomic E-state index is 6.16. The summed E-state index contributed by atoms with van der Waals surface area (Å²) in [7, 11) is 0. The molecular formula is C31H44O2. The van der Waals surface area contributed by atoms with Crippen LogP contribution in [0.2, 0.25) is 0 Å². The minimum atomic E-state index is 0.0659. The lowest BCUT2D eigenvalue weighted by Gasteiger charge is -2.30. The van der Waals surface area contributed by atoms with E-state index in [0.717, 1.165) is 24.9 Å². The largest absolute Gasteiger partial charge is 0.373 e. The first-order valence-corrected chi connectivity index (χ1v) is 13.7. The van der Waals surface area contributed by atoms with Gasteiger partial charge in [-0.25, -0.2) is 0 Å². The molecule has 1 aliphatic carbocycles. The molecule has 2 aliphatic rings. The number of rotatable bonds is 10. The number of hydrogen-bond acceptors (Lipinski definition) is 2. The SMILES string of the molecule is CCCCCCC1COC(c2ccc(-c3ccc(C4CCC(CCC)CC4)cc3)cc2)CO1. The van der Waals surface area contributed by atoms with E-state index in [9.17, 15) is 0 Å². The van der Waals surface area contributed by atoms with Crippen molar-refractivity contribution in [3.05, 3.63) is 59.7 Å².